The largest absolute Gasteiger partial charge is 1.00 e. The first kappa shape index (κ1) is 37.8. The van der Waals surface area contributed by atoms with Gasteiger partial charge in [-0.25, -0.2) is 0 Å². The lowest BCUT2D eigenvalue weighted by Gasteiger charge is -2.53. The van der Waals surface area contributed by atoms with E-state index in [1.807, 2.05) is 18.2 Å². The Morgan fingerprint density at radius 1 is 1.06 bits per heavy atom. The summed E-state index contributed by atoms with van der Waals surface area (Å²) in [6, 6.07) is 14.9. The first-order valence-corrected chi connectivity index (χ1v) is 17.7. The number of aliphatic hydroxyl groups excluding tert-OH is 1. The number of carbonyl (C=O) groups is 1. The molecule has 1 saturated carbocycles. The van der Waals surface area contributed by atoms with Gasteiger partial charge in [-0.15, -0.1) is 0 Å². The summed E-state index contributed by atoms with van der Waals surface area (Å²) in [6.45, 7) is 8.08. The van der Waals surface area contributed by atoms with Crippen molar-refractivity contribution < 1.29 is 51.1 Å². The van der Waals surface area contributed by atoms with Gasteiger partial charge < -0.3 is 51.6 Å². The number of phenols is 1. The number of unbranched alkanes of at least 4 members (excludes halogenated alkanes) is 1. The standard InChI is InChI=1S/C37H55N3O6.BrH/c1-2-10-36(38-24-34(43)29-15-16-33(42)32(23-29)39-27-41)45-22-9-8-19-40-20-17-28(18-21-40)35(25-40)46-26-37(44,31-13-6-7-14-31)30-11-4-3-5-12-30;/h3-5,11-12,15-16,23,27-28,31,34-36,38,43-44H,2,6-10,13-14,17-22,24-26H2,1H3,(H-,39,41,42);1H/t28?,34-,35-,36?,37+,40?;/m0./s1. The van der Waals surface area contributed by atoms with Crippen molar-refractivity contribution in [1.82, 2.24) is 5.32 Å². The number of benzene rings is 2. The minimum absolute atomic E-state index is 0. The van der Waals surface area contributed by atoms with Crippen LogP contribution in [-0.2, 0) is 19.9 Å². The van der Waals surface area contributed by atoms with E-state index in [1.165, 1.54) is 44.8 Å². The third kappa shape index (κ3) is 9.78. The molecule has 6 rings (SSSR count). The quantitative estimate of drug-likeness (QED) is 0.0497. The first-order chi connectivity index (χ1) is 22.4. The van der Waals surface area contributed by atoms with Crippen molar-refractivity contribution >= 4 is 12.1 Å². The number of nitrogens with one attached hydrogen (secondary N) is 2. The van der Waals surface area contributed by atoms with E-state index in [0.29, 0.717) is 37.6 Å². The zero-order chi connectivity index (χ0) is 32.4. The number of amides is 1. The fourth-order valence-corrected chi connectivity index (χ4v) is 8.11. The second-order valence-corrected chi connectivity index (χ2v) is 14.0. The van der Waals surface area contributed by atoms with Gasteiger partial charge in [-0.2, -0.15) is 0 Å². The molecule has 2 aromatic rings. The maximum absolute atomic E-state index is 12.0. The number of rotatable bonds is 19. The number of quaternary nitrogens is 1. The molecule has 3 heterocycles. The molecule has 1 amide bonds. The summed E-state index contributed by atoms with van der Waals surface area (Å²) in [5.74, 6) is 0.817. The van der Waals surface area contributed by atoms with Gasteiger partial charge in [0.2, 0.25) is 6.41 Å². The van der Waals surface area contributed by atoms with Gasteiger partial charge in [0.05, 0.1) is 38.0 Å². The topological polar surface area (TPSA) is 120 Å². The van der Waals surface area contributed by atoms with Crippen LogP contribution in [0, 0.1) is 11.8 Å². The van der Waals surface area contributed by atoms with Crippen LogP contribution in [0.4, 0.5) is 5.69 Å². The van der Waals surface area contributed by atoms with E-state index in [9.17, 15) is 20.1 Å². The van der Waals surface area contributed by atoms with Gasteiger partial charge >= 0.3 is 0 Å². The Balaban J connectivity index is 0.00000500. The number of fused-ring (bicyclic) bond motifs is 3. The molecular formula is C37H56BrN3O6. The number of aliphatic hydroxyl groups is 2. The summed E-state index contributed by atoms with van der Waals surface area (Å²) < 4.78 is 14.1. The van der Waals surface area contributed by atoms with Crippen molar-refractivity contribution in [3.05, 3.63) is 59.7 Å². The van der Waals surface area contributed by atoms with Crippen molar-refractivity contribution in [2.24, 2.45) is 11.8 Å². The van der Waals surface area contributed by atoms with E-state index in [4.69, 9.17) is 9.47 Å². The molecule has 47 heavy (non-hydrogen) atoms. The number of carbonyl (C=O) groups excluding carboxylic acids is 1. The number of halogens is 1. The molecule has 262 valence electrons. The van der Waals surface area contributed by atoms with Gasteiger partial charge in [0, 0.05) is 31.9 Å². The molecule has 2 aromatic carbocycles. The van der Waals surface area contributed by atoms with Crippen molar-refractivity contribution in [3.63, 3.8) is 0 Å². The molecule has 2 bridgehead atoms. The van der Waals surface area contributed by atoms with Crippen LogP contribution >= 0.6 is 0 Å². The fraction of sp³-hybridized carbons (Fsp3) is 0.649. The predicted molar refractivity (Wildman–Crippen MR) is 179 cm³/mol. The van der Waals surface area contributed by atoms with E-state index < -0.39 is 11.7 Å². The van der Waals surface area contributed by atoms with Crippen LogP contribution in [0.25, 0.3) is 0 Å². The molecule has 0 aromatic heterocycles. The molecule has 1 unspecified atom stereocenters. The lowest BCUT2D eigenvalue weighted by atomic mass is 9.80. The molecule has 3 saturated heterocycles. The number of hydrogen-bond acceptors (Lipinski definition) is 7. The Morgan fingerprint density at radius 2 is 1.81 bits per heavy atom. The molecular weight excluding hydrogens is 662 g/mol. The summed E-state index contributed by atoms with van der Waals surface area (Å²) in [4.78, 5) is 10.8. The van der Waals surface area contributed by atoms with Gasteiger partial charge in [0.1, 0.15) is 30.2 Å². The van der Waals surface area contributed by atoms with Crippen LogP contribution in [0.2, 0.25) is 0 Å². The maximum Gasteiger partial charge on any atom is 0.211 e. The number of ether oxygens (including phenoxy) is 2. The molecule has 3 aliphatic heterocycles. The summed E-state index contributed by atoms with van der Waals surface area (Å²) in [5, 5.41) is 38.4. The van der Waals surface area contributed by atoms with Crippen LogP contribution in [-0.4, -0.2) is 84.5 Å². The summed E-state index contributed by atoms with van der Waals surface area (Å²) in [5.41, 5.74) is 0.965. The monoisotopic (exact) mass is 717 g/mol. The molecule has 4 aliphatic rings. The Hall–Kier alpha value is -2.05. The molecule has 4 fully saturated rings. The Bertz CT molecular complexity index is 1220. The average Bonchev–Trinajstić information content (AvgIpc) is 3.64. The molecule has 0 radical (unpaired) electrons. The molecule has 0 spiro atoms. The molecule has 1 aliphatic carbocycles. The zero-order valence-electron chi connectivity index (χ0n) is 28.0. The number of anilines is 1. The Labute approximate surface area is 291 Å². The lowest BCUT2D eigenvalue weighted by molar-refractivity contribution is -0.946. The van der Waals surface area contributed by atoms with Gasteiger partial charge in [0.15, 0.2) is 0 Å². The van der Waals surface area contributed by atoms with Crippen LogP contribution in [0.1, 0.15) is 88.4 Å². The number of phenolic OH excluding ortho intramolecular Hbond substituents is 1. The highest BCUT2D eigenvalue weighted by atomic mass is 79.9. The summed E-state index contributed by atoms with van der Waals surface area (Å²) in [6.07, 6.45) is 10.6. The Kier molecular flexibility index (Phi) is 14.5. The Morgan fingerprint density at radius 3 is 2.51 bits per heavy atom. The summed E-state index contributed by atoms with van der Waals surface area (Å²) in [7, 11) is 0. The normalized spacial score (nSPS) is 25.1. The molecule has 9 nitrogen and oxygen atoms in total. The smallest absolute Gasteiger partial charge is 0.211 e. The molecule has 5 N–H and O–H groups in total. The SMILES string of the molecule is CCCC(NC[C@H](O)c1ccc(O)c(NC=O)c1)OCCCC[N+]12CCC(CC1)[C@@H](OC[C@@](O)(c1ccccc1)C1CCCC1)C2.[Br-]. The highest BCUT2D eigenvalue weighted by Crippen LogP contribution is 2.42. The van der Waals surface area contributed by atoms with E-state index in [0.717, 1.165) is 61.7 Å². The van der Waals surface area contributed by atoms with E-state index in [1.54, 1.807) is 12.1 Å². The van der Waals surface area contributed by atoms with E-state index in [2.05, 4.69) is 29.7 Å². The predicted octanol–water partition coefficient (Wildman–Crippen LogP) is 2.21. The van der Waals surface area contributed by atoms with Crippen LogP contribution < -0.4 is 27.6 Å². The van der Waals surface area contributed by atoms with Crippen LogP contribution in [0.3, 0.4) is 0 Å². The zero-order valence-corrected chi connectivity index (χ0v) is 29.6. The number of nitrogens with zero attached hydrogens (tertiary/aromatic N) is 1. The minimum atomic E-state index is -0.911. The van der Waals surface area contributed by atoms with Gasteiger partial charge in [-0.1, -0.05) is 62.6 Å². The first-order valence-electron chi connectivity index (χ1n) is 17.7. The van der Waals surface area contributed by atoms with Crippen molar-refractivity contribution in [1.29, 1.82) is 0 Å². The average molecular weight is 719 g/mol. The van der Waals surface area contributed by atoms with Crippen LogP contribution in [0.5, 0.6) is 5.75 Å². The molecule has 4 atom stereocenters. The van der Waals surface area contributed by atoms with Gasteiger partial charge in [-0.05, 0) is 61.3 Å². The third-order valence-corrected chi connectivity index (χ3v) is 10.9. The van der Waals surface area contributed by atoms with Crippen LogP contribution in [0.15, 0.2) is 48.5 Å². The fourth-order valence-electron chi connectivity index (χ4n) is 8.11. The summed E-state index contributed by atoms with van der Waals surface area (Å²) >= 11 is 0. The third-order valence-electron chi connectivity index (χ3n) is 10.9. The highest BCUT2D eigenvalue weighted by molar-refractivity contribution is 5.75. The number of aromatic hydroxyl groups is 1. The number of hydrogen-bond donors (Lipinski definition) is 5. The number of piperidine rings is 3. The van der Waals surface area contributed by atoms with E-state index >= 15 is 0 Å². The van der Waals surface area contributed by atoms with Gasteiger partial charge in [0.25, 0.3) is 0 Å². The van der Waals surface area contributed by atoms with Crippen molar-refractivity contribution in [2.45, 2.75) is 95.2 Å². The van der Waals surface area contributed by atoms with Crippen molar-refractivity contribution in [3.8, 4) is 5.75 Å². The minimum Gasteiger partial charge on any atom is -1.00 e. The van der Waals surface area contributed by atoms with Gasteiger partial charge in [-0.3, -0.25) is 10.1 Å². The molecule has 10 heteroatoms. The lowest BCUT2D eigenvalue weighted by Crippen LogP contribution is -3.00. The maximum atomic E-state index is 12.0. The second-order valence-electron chi connectivity index (χ2n) is 14.0. The highest BCUT2D eigenvalue weighted by Gasteiger charge is 2.48. The van der Waals surface area contributed by atoms with Crippen molar-refractivity contribution in [2.75, 3.05) is 51.3 Å². The second kappa shape index (κ2) is 18.1. The van der Waals surface area contributed by atoms with E-state index in [-0.39, 0.29) is 46.7 Å².